The number of hydrogen-bond donors (Lipinski definition) is 1. The van der Waals surface area contributed by atoms with Crippen LogP contribution in [0.3, 0.4) is 0 Å². The number of nitrogens with zero attached hydrogens (tertiary/aromatic N) is 2. The highest BCUT2D eigenvalue weighted by atomic mass is 19.4. The SMILES string of the molecule is CCCC(=C(CC(CC)C1CCC1)c1ccc(C(=O)NC(C)C(F)(F)F)c(C)n1)c1cc(C(F)(F)F)cnc1C. The predicted octanol–water partition coefficient (Wildman–Crippen LogP) is 8.72. The van der Waals surface area contributed by atoms with E-state index in [4.69, 9.17) is 0 Å². The zero-order valence-electron chi connectivity index (χ0n) is 23.6. The Morgan fingerprint density at radius 1 is 1.02 bits per heavy atom. The number of amides is 1. The number of pyridine rings is 2. The van der Waals surface area contributed by atoms with Crippen molar-refractivity contribution < 1.29 is 31.1 Å². The molecule has 0 spiro atoms. The molecular weight excluding hydrogens is 532 g/mol. The van der Waals surface area contributed by atoms with Crippen LogP contribution in [0.15, 0.2) is 24.4 Å². The first-order chi connectivity index (χ1) is 18.7. The van der Waals surface area contributed by atoms with Crippen molar-refractivity contribution in [3.63, 3.8) is 0 Å². The lowest BCUT2D eigenvalue weighted by molar-refractivity contribution is -0.149. The lowest BCUT2D eigenvalue weighted by Crippen LogP contribution is -2.43. The van der Waals surface area contributed by atoms with Crippen LogP contribution in [-0.4, -0.2) is 28.1 Å². The van der Waals surface area contributed by atoms with E-state index in [0.29, 0.717) is 48.0 Å². The molecule has 10 heteroatoms. The molecular formula is C30H37F6N3O. The quantitative estimate of drug-likeness (QED) is 0.291. The highest BCUT2D eigenvalue weighted by Crippen LogP contribution is 2.43. The van der Waals surface area contributed by atoms with Gasteiger partial charge in [-0.15, -0.1) is 0 Å². The fraction of sp³-hybridized carbons (Fsp3) is 0.567. The Morgan fingerprint density at radius 2 is 1.70 bits per heavy atom. The third-order valence-corrected chi connectivity index (χ3v) is 7.89. The van der Waals surface area contributed by atoms with Gasteiger partial charge in [-0.2, -0.15) is 26.3 Å². The topological polar surface area (TPSA) is 54.9 Å². The number of hydrogen-bond acceptors (Lipinski definition) is 3. The van der Waals surface area contributed by atoms with Gasteiger partial charge in [0.1, 0.15) is 6.04 Å². The molecule has 2 aromatic heterocycles. The minimum absolute atomic E-state index is 0.0131. The molecule has 0 aliphatic heterocycles. The van der Waals surface area contributed by atoms with Crippen LogP contribution in [0.5, 0.6) is 0 Å². The number of aromatic nitrogens is 2. The first-order valence-corrected chi connectivity index (χ1v) is 13.8. The van der Waals surface area contributed by atoms with E-state index in [2.05, 4.69) is 16.9 Å². The van der Waals surface area contributed by atoms with Crippen LogP contribution in [0.25, 0.3) is 11.1 Å². The average molecular weight is 570 g/mol. The maximum Gasteiger partial charge on any atom is 0.417 e. The van der Waals surface area contributed by atoms with Crippen LogP contribution in [0.1, 0.15) is 104 Å². The van der Waals surface area contributed by atoms with Crippen molar-refractivity contribution in [1.29, 1.82) is 0 Å². The zero-order valence-corrected chi connectivity index (χ0v) is 23.6. The highest BCUT2D eigenvalue weighted by Gasteiger charge is 2.37. The number of nitrogens with one attached hydrogen (secondary N) is 1. The third-order valence-electron chi connectivity index (χ3n) is 7.89. The van der Waals surface area contributed by atoms with Gasteiger partial charge < -0.3 is 5.32 Å². The summed E-state index contributed by atoms with van der Waals surface area (Å²) in [6.07, 6.45) is -2.31. The number of halogens is 6. The summed E-state index contributed by atoms with van der Waals surface area (Å²) in [5, 5.41) is 1.96. The molecule has 2 atom stereocenters. The number of carbonyl (C=O) groups excluding carboxylic acids is 1. The first-order valence-electron chi connectivity index (χ1n) is 13.8. The van der Waals surface area contributed by atoms with Gasteiger partial charge in [-0.1, -0.05) is 46.0 Å². The van der Waals surface area contributed by atoms with Crippen LogP contribution in [-0.2, 0) is 6.18 Å². The summed E-state index contributed by atoms with van der Waals surface area (Å²) in [4.78, 5) is 21.3. The maximum atomic E-state index is 13.7. The molecule has 1 aliphatic rings. The normalized spacial score (nSPS) is 16.7. The Bertz CT molecular complexity index is 1230. The van der Waals surface area contributed by atoms with Gasteiger partial charge in [0.2, 0.25) is 0 Å². The van der Waals surface area contributed by atoms with Gasteiger partial charge in [0.05, 0.1) is 22.5 Å². The minimum atomic E-state index is -4.59. The Morgan fingerprint density at radius 3 is 2.20 bits per heavy atom. The van der Waals surface area contributed by atoms with Crippen molar-refractivity contribution in [3.8, 4) is 0 Å². The first kappa shape index (κ1) is 31.6. The molecule has 40 heavy (non-hydrogen) atoms. The Balaban J connectivity index is 2.17. The molecule has 4 nitrogen and oxygen atoms in total. The molecule has 2 heterocycles. The van der Waals surface area contributed by atoms with E-state index >= 15 is 0 Å². The second-order valence-corrected chi connectivity index (χ2v) is 10.7. The van der Waals surface area contributed by atoms with Crippen molar-refractivity contribution in [2.75, 3.05) is 0 Å². The summed E-state index contributed by atoms with van der Waals surface area (Å²) in [6.45, 7) is 8.15. The van der Waals surface area contributed by atoms with Crippen LogP contribution < -0.4 is 5.32 Å². The second kappa shape index (κ2) is 12.7. The summed E-state index contributed by atoms with van der Waals surface area (Å²) in [5.41, 5.74) is 2.34. The average Bonchev–Trinajstić information content (AvgIpc) is 2.83. The summed E-state index contributed by atoms with van der Waals surface area (Å²) in [6, 6.07) is 2.15. The summed E-state index contributed by atoms with van der Waals surface area (Å²) >= 11 is 0. The van der Waals surface area contributed by atoms with E-state index in [9.17, 15) is 31.1 Å². The smallest absolute Gasteiger partial charge is 0.340 e. The number of rotatable bonds is 10. The molecule has 2 aromatic rings. The third kappa shape index (κ3) is 7.43. The Labute approximate surface area is 231 Å². The van der Waals surface area contributed by atoms with Gasteiger partial charge in [0.25, 0.3) is 5.91 Å². The van der Waals surface area contributed by atoms with Crippen molar-refractivity contribution in [1.82, 2.24) is 15.3 Å². The van der Waals surface area contributed by atoms with E-state index < -0.39 is 29.9 Å². The lowest BCUT2D eigenvalue weighted by atomic mass is 9.71. The van der Waals surface area contributed by atoms with Crippen LogP contribution in [0.4, 0.5) is 26.3 Å². The van der Waals surface area contributed by atoms with Gasteiger partial charge in [0, 0.05) is 11.9 Å². The van der Waals surface area contributed by atoms with Crippen LogP contribution >= 0.6 is 0 Å². The van der Waals surface area contributed by atoms with E-state index in [1.165, 1.54) is 6.07 Å². The Kier molecular flexibility index (Phi) is 10.1. The van der Waals surface area contributed by atoms with Crippen molar-refractivity contribution in [3.05, 3.63) is 58.2 Å². The minimum Gasteiger partial charge on any atom is -0.340 e. The maximum absolute atomic E-state index is 13.7. The number of carbonyl (C=O) groups is 1. The van der Waals surface area contributed by atoms with E-state index in [-0.39, 0.29) is 11.3 Å². The van der Waals surface area contributed by atoms with Crippen LogP contribution in [0.2, 0.25) is 0 Å². The molecule has 2 unspecified atom stereocenters. The molecule has 1 fully saturated rings. The largest absolute Gasteiger partial charge is 0.417 e. The summed E-state index contributed by atoms with van der Waals surface area (Å²) < 4.78 is 80.0. The fourth-order valence-electron chi connectivity index (χ4n) is 5.22. The van der Waals surface area contributed by atoms with Gasteiger partial charge in [-0.05, 0) is 80.4 Å². The van der Waals surface area contributed by atoms with E-state index in [0.717, 1.165) is 56.0 Å². The molecule has 0 saturated heterocycles. The fourth-order valence-corrected chi connectivity index (χ4v) is 5.22. The highest BCUT2D eigenvalue weighted by molar-refractivity contribution is 5.96. The van der Waals surface area contributed by atoms with E-state index in [1.54, 1.807) is 19.9 Å². The molecule has 0 bridgehead atoms. The molecule has 1 N–H and O–H groups in total. The van der Waals surface area contributed by atoms with Gasteiger partial charge >= 0.3 is 12.4 Å². The van der Waals surface area contributed by atoms with Gasteiger partial charge in [-0.25, -0.2) is 0 Å². The lowest BCUT2D eigenvalue weighted by Gasteiger charge is -2.34. The number of allylic oxidation sites excluding steroid dienone is 2. The standard InChI is InChI=1S/C30H37F6N3O/c1-6-9-24(25-15-22(30(34,35)36)16-37-17(25)3)26(14-20(7-2)21-10-8-11-21)27-13-12-23(18(4)38-27)28(40)39-19(5)29(31,32)33/h12-13,15-16,19-21H,6-11,14H2,1-5H3,(H,39,40). The number of alkyl halides is 6. The molecule has 1 aliphatic carbocycles. The summed E-state index contributed by atoms with van der Waals surface area (Å²) in [7, 11) is 0. The molecule has 1 amide bonds. The van der Waals surface area contributed by atoms with Crippen LogP contribution in [0, 0.1) is 25.7 Å². The summed E-state index contributed by atoms with van der Waals surface area (Å²) in [5.74, 6) is -0.0782. The molecule has 3 rings (SSSR count). The van der Waals surface area contributed by atoms with Gasteiger partial charge in [-0.3, -0.25) is 14.8 Å². The molecule has 0 aromatic carbocycles. The predicted molar refractivity (Wildman–Crippen MR) is 143 cm³/mol. The molecule has 0 radical (unpaired) electrons. The van der Waals surface area contributed by atoms with Crippen molar-refractivity contribution in [2.24, 2.45) is 11.8 Å². The Hall–Kier alpha value is -2.91. The monoisotopic (exact) mass is 569 g/mol. The van der Waals surface area contributed by atoms with E-state index in [1.807, 2.05) is 12.2 Å². The molecule has 220 valence electrons. The molecule has 1 saturated carbocycles. The van der Waals surface area contributed by atoms with Crippen molar-refractivity contribution >= 4 is 17.1 Å². The second-order valence-electron chi connectivity index (χ2n) is 10.7. The number of aryl methyl sites for hydroxylation is 2. The van der Waals surface area contributed by atoms with Crippen molar-refractivity contribution in [2.45, 2.75) is 98.0 Å². The van der Waals surface area contributed by atoms with Gasteiger partial charge in [0.15, 0.2) is 0 Å². The zero-order chi connectivity index (χ0) is 29.8.